The van der Waals surface area contributed by atoms with E-state index in [0.717, 1.165) is 23.1 Å². The van der Waals surface area contributed by atoms with E-state index in [4.69, 9.17) is 6.42 Å². The Labute approximate surface area is 134 Å². The van der Waals surface area contributed by atoms with Gasteiger partial charge >= 0.3 is 0 Å². The summed E-state index contributed by atoms with van der Waals surface area (Å²) in [7, 11) is 0. The van der Waals surface area contributed by atoms with Gasteiger partial charge < -0.3 is 28.5 Å². The molecule has 19 heavy (non-hydrogen) atoms. The van der Waals surface area contributed by atoms with Gasteiger partial charge in [0.1, 0.15) is 13.1 Å². The van der Waals surface area contributed by atoms with Crippen LogP contribution in [-0.4, -0.2) is 30.7 Å². The Morgan fingerprint density at radius 2 is 1.68 bits per heavy atom. The highest BCUT2D eigenvalue weighted by Gasteiger charge is 2.27. The predicted molar refractivity (Wildman–Crippen MR) is 75.7 cm³/mol. The van der Waals surface area contributed by atoms with Crippen molar-refractivity contribution in [1.82, 2.24) is 0 Å². The summed E-state index contributed by atoms with van der Waals surface area (Å²) in [6.45, 7) is 4.09. The zero-order chi connectivity index (χ0) is 12.7. The van der Waals surface area contributed by atoms with Gasteiger partial charge in [-0.25, -0.2) is 0 Å². The molecule has 2 heteroatoms. The summed E-state index contributed by atoms with van der Waals surface area (Å²) >= 11 is 0. The quantitative estimate of drug-likeness (QED) is 0.383. The molecule has 0 radical (unpaired) electrons. The smallest absolute Gasteiger partial charge is 0.142 e. The fourth-order valence-corrected chi connectivity index (χ4v) is 2.58. The molecule has 1 aliphatic rings. The Morgan fingerprint density at radius 3 is 2.32 bits per heavy atom. The van der Waals surface area contributed by atoms with Gasteiger partial charge in [0.15, 0.2) is 0 Å². The second-order valence-electron chi connectivity index (χ2n) is 5.04. The topological polar surface area (TPSA) is 0 Å². The van der Waals surface area contributed by atoms with Crippen LogP contribution in [0.3, 0.4) is 0 Å². The summed E-state index contributed by atoms with van der Waals surface area (Å²) < 4.78 is 0.996. The van der Waals surface area contributed by atoms with E-state index in [2.05, 4.69) is 29.9 Å². The normalized spacial score (nSPS) is 16.4. The minimum absolute atomic E-state index is 0. The van der Waals surface area contributed by atoms with Crippen LogP contribution in [-0.2, 0) is 0 Å². The molecule has 0 bridgehead atoms. The van der Waals surface area contributed by atoms with Gasteiger partial charge in [-0.3, -0.25) is 0 Å². The summed E-state index contributed by atoms with van der Waals surface area (Å²) in [4.78, 5) is 0. The van der Waals surface area contributed by atoms with E-state index in [1.54, 1.807) is 0 Å². The molecule has 0 amide bonds. The molecule has 1 aliphatic heterocycles. The van der Waals surface area contributed by atoms with Crippen molar-refractivity contribution in [1.29, 1.82) is 0 Å². The van der Waals surface area contributed by atoms with Crippen LogP contribution in [0.15, 0.2) is 30.3 Å². The van der Waals surface area contributed by atoms with Gasteiger partial charge in [0.25, 0.3) is 0 Å². The molecule has 1 aromatic carbocycles. The molecule has 1 aromatic rings. The molecule has 2 rings (SSSR count). The number of nitrogens with zero attached hydrogens (tertiary/aromatic N) is 1. The first-order valence-electron chi connectivity index (χ1n) is 6.67. The highest BCUT2D eigenvalue weighted by atomic mass is 127. The number of quaternary nitrogens is 1. The van der Waals surface area contributed by atoms with Crippen molar-refractivity contribution in [3.63, 3.8) is 0 Å². The third-order valence-electron chi connectivity index (χ3n) is 3.61. The summed E-state index contributed by atoms with van der Waals surface area (Å²) in [6.07, 6.45) is 9.43. The number of terminal acetylenes is 1. The second kappa shape index (κ2) is 8.25. The van der Waals surface area contributed by atoms with Crippen molar-refractivity contribution in [2.45, 2.75) is 19.3 Å². The standard InChI is InChI=1S/C17H20N.HI/c1-2-13-18(14-7-4-8-15-18)16-9-12-17-10-5-3-6-11-17;/h1,3,5-6,10-11H,4,7-8,13-16H2;1H/q+1;/p-1. The van der Waals surface area contributed by atoms with Crippen molar-refractivity contribution in [3.8, 4) is 24.2 Å². The first-order chi connectivity index (χ1) is 8.85. The second-order valence-corrected chi connectivity index (χ2v) is 5.04. The molecular weight excluding hydrogens is 345 g/mol. The van der Waals surface area contributed by atoms with Crippen molar-refractivity contribution in [2.24, 2.45) is 0 Å². The average Bonchev–Trinajstić information content (AvgIpc) is 2.41. The third kappa shape index (κ3) is 4.90. The molecule has 0 N–H and O–H groups in total. The molecule has 100 valence electrons. The number of piperidine rings is 1. The maximum atomic E-state index is 5.51. The first-order valence-corrected chi connectivity index (χ1v) is 6.67. The third-order valence-corrected chi connectivity index (χ3v) is 3.61. The van der Waals surface area contributed by atoms with E-state index in [9.17, 15) is 0 Å². The summed E-state index contributed by atoms with van der Waals surface area (Å²) in [6, 6.07) is 10.2. The van der Waals surface area contributed by atoms with E-state index >= 15 is 0 Å². The molecule has 0 spiro atoms. The number of rotatable bonds is 2. The lowest BCUT2D eigenvalue weighted by molar-refractivity contribution is -0.919. The molecule has 1 fully saturated rings. The minimum Gasteiger partial charge on any atom is -1.00 e. The van der Waals surface area contributed by atoms with E-state index in [1.807, 2.05) is 18.2 Å². The molecule has 1 heterocycles. The predicted octanol–water partition coefficient (Wildman–Crippen LogP) is -0.324. The van der Waals surface area contributed by atoms with Gasteiger partial charge in [-0.2, -0.15) is 0 Å². The lowest BCUT2D eigenvalue weighted by Crippen LogP contribution is -3.00. The van der Waals surface area contributed by atoms with Crippen LogP contribution in [0.25, 0.3) is 0 Å². The zero-order valence-corrected chi connectivity index (χ0v) is 13.4. The molecule has 1 nitrogen and oxygen atoms in total. The highest BCUT2D eigenvalue weighted by Crippen LogP contribution is 2.17. The van der Waals surface area contributed by atoms with Gasteiger partial charge in [-0.05, 0) is 43.2 Å². The Kier molecular flexibility index (Phi) is 6.99. The number of halogens is 1. The van der Waals surface area contributed by atoms with E-state index in [-0.39, 0.29) is 24.0 Å². The first kappa shape index (κ1) is 16.1. The lowest BCUT2D eigenvalue weighted by Gasteiger charge is -2.38. The van der Waals surface area contributed by atoms with Crippen LogP contribution in [0.2, 0.25) is 0 Å². The molecule has 1 saturated heterocycles. The molecule has 0 aromatic heterocycles. The number of benzene rings is 1. The lowest BCUT2D eigenvalue weighted by atomic mass is 10.1. The molecular formula is C17H20IN. The van der Waals surface area contributed by atoms with E-state index in [0.29, 0.717) is 0 Å². The van der Waals surface area contributed by atoms with Crippen LogP contribution in [0.1, 0.15) is 24.8 Å². The zero-order valence-electron chi connectivity index (χ0n) is 11.2. The van der Waals surface area contributed by atoms with Gasteiger partial charge in [0.05, 0.1) is 13.1 Å². The minimum atomic E-state index is 0. The van der Waals surface area contributed by atoms with Crippen LogP contribution in [0.4, 0.5) is 0 Å². The number of hydrogen-bond acceptors (Lipinski definition) is 0. The van der Waals surface area contributed by atoms with Gasteiger partial charge in [-0.1, -0.05) is 24.1 Å². The van der Waals surface area contributed by atoms with E-state index in [1.165, 1.54) is 32.4 Å². The Morgan fingerprint density at radius 1 is 1.00 bits per heavy atom. The largest absolute Gasteiger partial charge is 1.00 e. The van der Waals surface area contributed by atoms with Crippen molar-refractivity contribution in [3.05, 3.63) is 35.9 Å². The maximum Gasteiger partial charge on any atom is 0.142 e. The van der Waals surface area contributed by atoms with Crippen LogP contribution in [0, 0.1) is 24.2 Å². The van der Waals surface area contributed by atoms with E-state index < -0.39 is 0 Å². The van der Waals surface area contributed by atoms with Crippen LogP contribution >= 0.6 is 0 Å². The number of likely N-dealkylation sites (tertiary alicyclic amines) is 1. The van der Waals surface area contributed by atoms with Crippen molar-refractivity contribution >= 4 is 0 Å². The van der Waals surface area contributed by atoms with Gasteiger partial charge in [0, 0.05) is 5.56 Å². The fraction of sp³-hybridized carbons (Fsp3) is 0.412. The summed E-state index contributed by atoms with van der Waals surface area (Å²) in [5.74, 6) is 9.40. The van der Waals surface area contributed by atoms with Crippen molar-refractivity contribution < 1.29 is 28.5 Å². The molecule has 0 unspecified atom stereocenters. The summed E-state index contributed by atoms with van der Waals surface area (Å²) in [5, 5.41) is 0. The molecule has 0 aliphatic carbocycles. The van der Waals surface area contributed by atoms with Gasteiger partial charge in [-0.15, -0.1) is 6.42 Å². The Hall–Kier alpha value is -0.970. The summed E-state index contributed by atoms with van der Waals surface area (Å²) in [5.41, 5.74) is 1.09. The fourth-order valence-electron chi connectivity index (χ4n) is 2.58. The highest BCUT2D eigenvalue weighted by molar-refractivity contribution is 5.33. The Bertz CT molecular complexity index is 469. The molecule has 0 atom stereocenters. The van der Waals surface area contributed by atoms with Crippen LogP contribution < -0.4 is 24.0 Å². The van der Waals surface area contributed by atoms with Crippen LogP contribution in [0.5, 0.6) is 0 Å². The number of hydrogen-bond donors (Lipinski definition) is 0. The van der Waals surface area contributed by atoms with Gasteiger partial charge in [0.2, 0.25) is 0 Å². The van der Waals surface area contributed by atoms with Crippen molar-refractivity contribution in [2.75, 3.05) is 26.2 Å². The maximum absolute atomic E-state index is 5.51. The SMILES string of the molecule is C#CC[N+]1(CC#Cc2ccccc2)CCCCC1.[I-]. The Balaban J connectivity index is 0.00000180. The average molecular weight is 365 g/mol. The molecule has 0 saturated carbocycles. The monoisotopic (exact) mass is 365 g/mol.